The van der Waals surface area contributed by atoms with Gasteiger partial charge in [0.25, 0.3) is 0 Å². The van der Waals surface area contributed by atoms with E-state index in [1.807, 2.05) is 6.07 Å². The van der Waals surface area contributed by atoms with Crippen molar-refractivity contribution < 1.29 is 14.6 Å². The highest BCUT2D eigenvalue weighted by atomic mass is 16.5. The number of aliphatic hydroxyl groups excluding tert-OH is 1. The lowest BCUT2D eigenvalue weighted by molar-refractivity contribution is -0.139. The number of ether oxygens (including phenoxy) is 1. The monoisotopic (exact) mass is 231 g/mol. The molecule has 4 nitrogen and oxygen atoms in total. The third-order valence-corrected chi connectivity index (χ3v) is 2.20. The van der Waals surface area contributed by atoms with Gasteiger partial charge < -0.3 is 9.84 Å². The molecular formula is C13H13NO3. The topological polar surface area (TPSA) is 70.3 Å². The number of hydrogen-bond donors (Lipinski definition) is 1. The number of rotatable bonds is 4. The van der Waals surface area contributed by atoms with Gasteiger partial charge in [-0.25, -0.2) is 4.79 Å². The Morgan fingerprint density at radius 2 is 2.35 bits per heavy atom. The van der Waals surface area contributed by atoms with E-state index in [2.05, 4.69) is 6.58 Å². The van der Waals surface area contributed by atoms with Crippen molar-refractivity contribution in [3.05, 3.63) is 47.5 Å². The van der Waals surface area contributed by atoms with Crippen LogP contribution in [0.3, 0.4) is 0 Å². The van der Waals surface area contributed by atoms with Crippen molar-refractivity contribution in [3.8, 4) is 6.07 Å². The lowest BCUT2D eigenvalue weighted by Crippen LogP contribution is -2.13. The molecule has 0 aliphatic heterocycles. The van der Waals surface area contributed by atoms with E-state index in [4.69, 9.17) is 10.00 Å². The highest BCUT2D eigenvalue weighted by molar-refractivity contribution is 5.89. The maximum absolute atomic E-state index is 11.4. The molecule has 17 heavy (non-hydrogen) atoms. The first-order valence-corrected chi connectivity index (χ1v) is 5.14. The van der Waals surface area contributed by atoms with Gasteiger partial charge in [-0.2, -0.15) is 5.26 Å². The zero-order valence-corrected chi connectivity index (χ0v) is 9.51. The van der Waals surface area contributed by atoms with Crippen molar-refractivity contribution in [3.63, 3.8) is 0 Å². The smallest absolute Gasteiger partial charge is 0.336 e. The van der Waals surface area contributed by atoms with Crippen molar-refractivity contribution in [2.75, 3.05) is 6.61 Å². The van der Waals surface area contributed by atoms with E-state index in [0.717, 1.165) is 0 Å². The molecule has 1 atom stereocenters. The Morgan fingerprint density at radius 3 is 2.94 bits per heavy atom. The SMILES string of the molecule is C=C(C(=O)OCC)C(O)c1cccc(C#N)c1. The lowest BCUT2D eigenvalue weighted by Gasteiger charge is -2.13. The summed E-state index contributed by atoms with van der Waals surface area (Å²) in [6, 6.07) is 8.34. The fraction of sp³-hybridized carbons (Fsp3) is 0.231. The second-order valence-electron chi connectivity index (χ2n) is 3.39. The molecule has 4 heteroatoms. The molecule has 0 amide bonds. The summed E-state index contributed by atoms with van der Waals surface area (Å²) in [7, 11) is 0. The lowest BCUT2D eigenvalue weighted by atomic mass is 10.0. The maximum Gasteiger partial charge on any atom is 0.336 e. The van der Waals surface area contributed by atoms with E-state index in [0.29, 0.717) is 11.1 Å². The third-order valence-electron chi connectivity index (χ3n) is 2.20. The van der Waals surface area contributed by atoms with Gasteiger partial charge in [-0.3, -0.25) is 0 Å². The Morgan fingerprint density at radius 1 is 1.65 bits per heavy atom. The number of aliphatic hydroxyl groups is 1. The Bertz CT molecular complexity index is 474. The van der Waals surface area contributed by atoms with Crippen molar-refractivity contribution in [1.82, 2.24) is 0 Å². The Hall–Kier alpha value is -2.12. The van der Waals surface area contributed by atoms with Crippen LogP contribution in [0.1, 0.15) is 24.2 Å². The van der Waals surface area contributed by atoms with Crippen LogP contribution in [0.5, 0.6) is 0 Å². The molecule has 0 aliphatic carbocycles. The Kier molecular flexibility index (Phi) is 4.44. The van der Waals surface area contributed by atoms with Crippen LogP contribution in [-0.2, 0) is 9.53 Å². The average molecular weight is 231 g/mol. The summed E-state index contributed by atoms with van der Waals surface area (Å²) in [5.74, 6) is -0.637. The molecule has 1 N–H and O–H groups in total. The van der Waals surface area contributed by atoms with Crippen molar-refractivity contribution in [1.29, 1.82) is 5.26 Å². The molecule has 0 heterocycles. The van der Waals surface area contributed by atoms with E-state index in [9.17, 15) is 9.90 Å². The van der Waals surface area contributed by atoms with Gasteiger partial charge in [0, 0.05) is 0 Å². The maximum atomic E-state index is 11.4. The van der Waals surface area contributed by atoms with Crippen molar-refractivity contribution in [2.45, 2.75) is 13.0 Å². The van der Waals surface area contributed by atoms with Crippen molar-refractivity contribution >= 4 is 5.97 Å². The predicted molar refractivity (Wildman–Crippen MR) is 61.9 cm³/mol. The molecule has 1 unspecified atom stereocenters. The summed E-state index contributed by atoms with van der Waals surface area (Å²) in [6.07, 6.45) is -1.15. The fourth-order valence-corrected chi connectivity index (χ4v) is 1.31. The van der Waals surface area contributed by atoms with Crippen LogP contribution < -0.4 is 0 Å². The summed E-state index contributed by atoms with van der Waals surface area (Å²) in [4.78, 5) is 11.4. The quantitative estimate of drug-likeness (QED) is 0.632. The molecule has 0 fully saturated rings. The first-order chi connectivity index (χ1) is 8.10. The van der Waals surface area contributed by atoms with Gasteiger partial charge in [0.1, 0.15) is 6.10 Å². The van der Waals surface area contributed by atoms with Gasteiger partial charge >= 0.3 is 5.97 Å². The van der Waals surface area contributed by atoms with E-state index < -0.39 is 12.1 Å². The average Bonchev–Trinajstić information content (AvgIpc) is 2.37. The standard InChI is InChI=1S/C13H13NO3/c1-3-17-13(16)9(2)12(15)11-6-4-5-10(7-11)8-14/h4-7,12,15H,2-3H2,1H3. The van der Waals surface area contributed by atoms with Crippen LogP contribution in [0.4, 0.5) is 0 Å². The molecule has 1 aromatic rings. The molecule has 88 valence electrons. The number of hydrogen-bond acceptors (Lipinski definition) is 4. The number of carbonyl (C=O) groups excluding carboxylic acids is 1. The molecule has 1 rings (SSSR count). The van der Waals surface area contributed by atoms with Gasteiger partial charge in [0.2, 0.25) is 0 Å². The summed E-state index contributed by atoms with van der Waals surface area (Å²) >= 11 is 0. The van der Waals surface area contributed by atoms with Crippen LogP contribution >= 0.6 is 0 Å². The molecule has 0 radical (unpaired) electrons. The van der Waals surface area contributed by atoms with Gasteiger partial charge in [-0.15, -0.1) is 0 Å². The molecule has 0 aromatic heterocycles. The highest BCUT2D eigenvalue weighted by Gasteiger charge is 2.19. The zero-order chi connectivity index (χ0) is 12.8. The zero-order valence-electron chi connectivity index (χ0n) is 9.51. The van der Waals surface area contributed by atoms with Crippen LogP contribution in [0.2, 0.25) is 0 Å². The number of carbonyl (C=O) groups is 1. The summed E-state index contributed by atoms with van der Waals surface area (Å²) in [5, 5.41) is 18.6. The molecule has 1 aromatic carbocycles. The minimum atomic E-state index is -1.15. The molecular weight excluding hydrogens is 218 g/mol. The molecule has 0 bridgehead atoms. The van der Waals surface area contributed by atoms with E-state index >= 15 is 0 Å². The number of nitrogens with zero attached hydrogens (tertiary/aromatic N) is 1. The van der Waals surface area contributed by atoms with Crippen LogP contribution in [0.15, 0.2) is 36.4 Å². The van der Waals surface area contributed by atoms with Crippen molar-refractivity contribution in [2.24, 2.45) is 0 Å². The second-order valence-corrected chi connectivity index (χ2v) is 3.39. The number of nitriles is 1. The second kappa shape index (κ2) is 5.83. The normalized spacial score (nSPS) is 11.4. The first kappa shape index (κ1) is 12.9. The van der Waals surface area contributed by atoms with Crippen LogP contribution in [0.25, 0.3) is 0 Å². The largest absolute Gasteiger partial charge is 0.463 e. The molecule has 0 saturated heterocycles. The van der Waals surface area contributed by atoms with E-state index in [1.54, 1.807) is 25.1 Å². The van der Waals surface area contributed by atoms with Crippen LogP contribution in [0, 0.1) is 11.3 Å². The van der Waals surface area contributed by atoms with Gasteiger partial charge in [0.05, 0.1) is 23.8 Å². The fourth-order valence-electron chi connectivity index (χ4n) is 1.31. The molecule has 0 spiro atoms. The number of esters is 1. The summed E-state index contributed by atoms with van der Waals surface area (Å²) in [5.41, 5.74) is 0.822. The van der Waals surface area contributed by atoms with E-state index in [-0.39, 0.29) is 12.2 Å². The van der Waals surface area contributed by atoms with Gasteiger partial charge in [0.15, 0.2) is 0 Å². The highest BCUT2D eigenvalue weighted by Crippen LogP contribution is 2.21. The Labute approximate surface area is 99.8 Å². The van der Waals surface area contributed by atoms with Gasteiger partial charge in [-0.05, 0) is 24.6 Å². The van der Waals surface area contributed by atoms with E-state index in [1.165, 1.54) is 6.07 Å². The summed E-state index contributed by atoms with van der Waals surface area (Å²) < 4.78 is 4.74. The minimum absolute atomic E-state index is 0.0399. The minimum Gasteiger partial charge on any atom is -0.463 e. The number of benzene rings is 1. The molecule has 0 saturated carbocycles. The summed E-state index contributed by atoms with van der Waals surface area (Å²) in [6.45, 7) is 5.40. The predicted octanol–water partition coefficient (Wildman–Crippen LogP) is 1.71. The van der Waals surface area contributed by atoms with Gasteiger partial charge in [-0.1, -0.05) is 18.7 Å². The van der Waals surface area contributed by atoms with Crippen LogP contribution in [-0.4, -0.2) is 17.7 Å². The Balaban J connectivity index is 2.89. The first-order valence-electron chi connectivity index (χ1n) is 5.14. The molecule has 0 aliphatic rings. The third kappa shape index (κ3) is 3.16.